The summed E-state index contributed by atoms with van der Waals surface area (Å²) in [5.41, 5.74) is 0.361. The van der Waals surface area contributed by atoms with Gasteiger partial charge in [-0.3, -0.25) is 0 Å². The third kappa shape index (κ3) is 3.12. The highest BCUT2D eigenvalue weighted by Gasteiger charge is 2.30. The smallest absolute Gasteiger partial charge is 0.244 e. The summed E-state index contributed by atoms with van der Waals surface area (Å²) in [6.07, 6.45) is 1.88. The Labute approximate surface area is 129 Å². The van der Waals surface area contributed by atoms with E-state index in [0.717, 1.165) is 12.8 Å². The fourth-order valence-corrected chi connectivity index (χ4v) is 4.82. The minimum atomic E-state index is -3.64. The molecule has 1 atom stereocenters. The zero-order chi connectivity index (χ0) is 14.9. The largest absolute Gasteiger partial charge is 0.392 e. The molecular weight excluding hydrogens is 321 g/mol. The second-order valence-electron chi connectivity index (χ2n) is 5.14. The van der Waals surface area contributed by atoms with E-state index in [-0.39, 0.29) is 21.5 Å². The number of aliphatic hydroxyl groups is 1. The van der Waals surface area contributed by atoms with Crippen molar-refractivity contribution in [3.63, 3.8) is 0 Å². The van der Waals surface area contributed by atoms with Crippen LogP contribution in [0.5, 0.6) is 0 Å². The molecular formula is C13H17Cl2NO3S. The van der Waals surface area contributed by atoms with Gasteiger partial charge in [0.15, 0.2) is 0 Å². The second kappa shape index (κ2) is 6.20. The molecule has 2 rings (SSSR count). The van der Waals surface area contributed by atoms with E-state index >= 15 is 0 Å². The van der Waals surface area contributed by atoms with Gasteiger partial charge in [-0.05, 0) is 36.5 Å². The molecule has 20 heavy (non-hydrogen) atoms. The number of rotatable bonds is 3. The molecule has 0 saturated carbocycles. The first-order valence-electron chi connectivity index (χ1n) is 6.45. The Morgan fingerprint density at radius 1 is 1.35 bits per heavy atom. The summed E-state index contributed by atoms with van der Waals surface area (Å²) in [4.78, 5) is 0.0155. The van der Waals surface area contributed by atoms with Gasteiger partial charge in [0.25, 0.3) is 0 Å². The van der Waals surface area contributed by atoms with Gasteiger partial charge in [0.05, 0.1) is 11.6 Å². The molecule has 0 aliphatic carbocycles. The van der Waals surface area contributed by atoms with Gasteiger partial charge in [-0.2, -0.15) is 4.31 Å². The van der Waals surface area contributed by atoms with E-state index in [1.807, 2.05) is 6.92 Å². The molecule has 1 aliphatic rings. The highest BCUT2D eigenvalue weighted by molar-refractivity contribution is 7.89. The summed E-state index contributed by atoms with van der Waals surface area (Å²) >= 11 is 11.9. The van der Waals surface area contributed by atoms with Gasteiger partial charge in [-0.15, -0.1) is 0 Å². The van der Waals surface area contributed by atoms with Crippen LogP contribution in [0.2, 0.25) is 10.0 Å². The van der Waals surface area contributed by atoms with E-state index < -0.39 is 10.0 Å². The molecule has 1 N–H and O–H groups in total. The van der Waals surface area contributed by atoms with Gasteiger partial charge >= 0.3 is 0 Å². The zero-order valence-corrected chi connectivity index (χ0v) is 13.5. The first kappa shape index (κ1) is 16.0. The maximum Gasteiger partial charge on any atom is 0.244 e. The van der Waals surface area contributed by atoms with Crippen molar-refractivity contribution in [1.29, 1.82) is 0 Å². The normalized spacial score (nSPS) is 21.1. The van der Waals surface area contributed by atoms with Crippen molar-refractivity contribution in [2.45, 2.75) is 31.3 Å². The van der Waals surface area contributed by atoms with Crippen LogP contribution < -0.4 is 0 Å². The second-order valence-corrected chi connectivity index (χ2v) is 7.86. The monoisotopic (exact) mass is 337 g/mol. The Bertz CT molecular complexity index is 604. The predicted octanol–water partition coefficient (Wildman–Crippen LogP) is 2.91. The number of piperidine rings is 1. The number of benzene rings is 1. The minimum absolute atomic E-state index is 0.0155. The number of nitrogens with zero attached hydrogens (tertiary/aromatic N) is 1. The summed E-state index contributed by atoms with van der Waals surface area (Å²) < 4.78 is 26.8. The first-order chi connectivity index (χ1) is 9.36. The number of halogens is 2. The van der Waals surface area contributed by atoms with Crippen molar-refractivity contribution < 1.29 is 13.5 Å². The van der Waals surface area contributed by atoms with Crippen LogP contribution in [0.4, 0.5) is 0 Å². The van der Waals surface area contributed by atoms with Crippen LogP contribution >= 0.6 is 23.2 Å². The molecule has 0 amide bonds. The lowest BCUT2D eigenvalue weighted by molar-refractivity contribution is 0.279. The first-order valence-corrected chi connectivity index (χ1v) is 8.64. The third-order valence-electron chi connectivity index (χ3n) is 3.51. The average molecular weight is 338 g/mol. The topological polar surface area (TPSA) is 57.6 Å². The van der Waals surface area contributed by atoms with Crippen molar-refractivity contribution >= 4 is 33.2 Å². The van der Waals surface area contributed by atoms with Gasteiger partial charge in [0, 0.05) is 18.1 Å². The standard InChI is InChI=1S/C13H17Cl2NO3S/c1-9-3-2-4-16(7-9)20(18,19)13-5-10(8-17)11(14)6-12(13)15/h5-6,9,17H,2-4,7-8H2,1H3. The molecule has 1 aliphatic heterocycles. The molecule has 0 radical (unpaired) electrons. The number of sulfonamides is 1. The fraction of sp³-hybridized carbons (Fsp3) is 0.538. The van der Waals surface area contributed by atoms with E-state index in [4.69, 9.17) is 23.2 Å². The Balaban J connectivity index is 2.43. The summed E-state index contributed by atoms with van der Waals surface area (Å²) in [7, 11) is -3.64. The zero-order valence-electron chi connectivity index (χ0n) is 11.1. The van der Waals surface area contributed by atoms with Crippen LogP contribution in [0.25, 0.3) is 0 Å². The Morgan fingerprint density at radius 3 is 2.65 bits per heavy atom. The fourth-order valence-electron chi connectivity index (χ4n) is 2.39. The quantitative estimate of drug-likeness (QED) is 0.922. The third-order valence-corrected chi connectivity index (χ3v) is 6.19. The van der Waals surface area contributed by atoms with E-state index in [0.29, 0.717) is 24.6 Å². The minimum Gasteiger partial charge on any atom is -0.392 e. The van der Waals surface area contributed by atoms with Crippen LogP contribution in [-0.4, -0.2) is 30.9 Å². The maximum atomic E-state index is 12.6. The number of hydrogen-bond donors (Lipinski definition) is 1. The van der Waals surface area contributed by atoms with Gasteiger partial charge in [0.2, 0.25) is 10.0 Å². The molecule has 1 fully saturated rings. The molecule has 0 spiro atoms. The van der Waals surface area contributed by atoms with E-state index in [1.54, 1.807) is 0 Å². The summed E-state index contributed by atoms with van der Waals surface area (Å²) in [6, 6.07) is 2.73. The van der Waals surface area contributed by atoms with Gasteiger partial charge in [-0.1, -0.05) is 30.1 Å². The molecule has 0 bridgehead atoms. The molecule has 1 aromatic rings. The van der Waals surface area contributed by atoms with Crippen LogP contribution in [0.1, 0.15) is 25.3 Å². The van der Waals surface area contributed by atoms with Gasteiger partial charge < -0.3 is 5.11 Å². The lowest BCUT2D eigenvalue weighted by Crippen LogP contribution is -2.39. The van der Waals surface area contributed by atoms with Crippen LogP contribution in [0.15, 0.2) is 17.0 Å². The van der Waals surface area contributed by atoms with Crippen molar-refractivity contribution in [3.8, 4) is 0 Å². The Morgan fingerprint density at radius 2 is 2.05 bits per heavy atom. The summed E-state index contributed by atoms with van der Waals surface area (Å²) in [6.45, 7) is 2.70. The van der Waals surface area contributed by atoms with Gasteiger partial charge in [0.1, 0.15) is 4.90 Å². The van der Waals surface area contributed by atoms with E-state index in [2.05, 4.69) is 0 Å². The average Bonchev–Trinajstić information content (AvgIpc) is 2.38. The SMILES string of the molecule is CC1CCCN(S(=O)(=O)c2cc(CO)c(Cl)cc2Cl)C1. The van der Waals surface area contributed by atoms with Crippen LogP contribution in [0, 0.1) is 5.92 Å². The molecule has 1 unspecified atom stereocenters. The highest BCUT2D eigenvalue weighted by atomic mass is 35.5. The number of aliphatic hydroxyl groups excluding tert-OH is 1. The molecule has 7 heteroatoms. The Kier molecular flexibility index (Phi) is 4.97. The van der Waals surface area contributed by atoms with E-state index in [1.165, 1.54) is 16.4 Å². The highest BCUT2D eigenvalue weighted by Crippen LogP contribution is 2.32. The Hall–Kier alpha value is -0.330. The number of hydrogen-bond acceptors (Lipinski definition) is 3. The maximum absolute atomic E-state index is 12.6. The van der Waals surface area contributed by atoms with E-state index in [9.17, 15) is 13.5 Å². The molecule has 1 saturated heterocycles. The lowest BCUT2D eigenvalue weighted by Gasteiger charge is -2.30. The van der Waals surface area contributed by atoms with Crippen molar-refractivity contribution in [3.05, 3.63) is 27.7 Å². The lowest BCUT2D eigenvalue weighted by atomic mass is 10.0. The van der Waals surface area contributed by atoms with Crippen molar-refractivity contribution in [2.75, 3.05) is 13.1 Å². The summed E-state index contributed by atoms with van der Waals surface area (Å²) in [5.74, 6) is 0.335. The van der Waals surface area contributed by atoms with Gasteiger partial charge in [-0.25, -0.2) is 8.42 Å². The van der Waals surface area contributed by atoms with Crippen LogP contribution in [-0.2, 0) is 16.6 Å². The predicted molar refractivity (Wildman–Crippen MR) is 79.5 cm³/mol. The molecule has 4 nitrogen and oxygen atoms in total. The van der Waals surface area contributed by atoms with Crippen LogP contribution in [0.3, 0.4) is 0 Å². The molecule has 0 aromatic heterocycles. The molecule has 1 heterocycles. The summed E-state index contributed by atoms with van der Waals surface area (Å²) in [5, 5.41) is 9.57. The molecule has 1 aromatic carbocycles. The molecule has 112 valence electrons. The van der Waals surface area contributed by atoms with Crippen molar-refractivity contribution in [2.24, 2.45) is 5.92 Å². The van der Waals surface area contributed by atoms with Crippen molar-refractivity contribution in [1.82, 2.24) is 4.31 Å².